The van der Waals surface area contributed by atoms with E-state index in [0.29, 0.717) is 6.04 Å². The summed E-state index contributed by atoms with van der Waals surface area (Å²) in [5.41, 5.74) is 1.46. The number of nitrogens with zero attached hydrogens (tertiary/aromatic N) is 1. The molecular formula is C14H24IN. The fraction of sp³-hybridized carbons (Fsp3) is 0.571. The van der Waals surface area contributed by atoms with Gasteiger partial charge in [-0.25, -0.2) is 0 Å². The number of rotatable bonds is 5. The third kappa shape index (κ3) is 3.20. The van der Waals surface area contributed by atoms with Crippen LogP contribution in [0.3, 0.4) is 0 Å². The van der Waals surface area contributed by atoms with E-state index in [1.807, 2.05) is 0 Å². The second-order valence-electron chi connectivity index (χ2n) is 4.25. The molecule has 1 unspecified atom stereocenters. The van der Waals surface area contributed by atoms with Crippen molar-refractivity contribution >= 4 is 0 Å². The molecule has 0 heterocycles. The van der Waals surface area contributed by atoms with Crippen LogP contribution in [-0.4, -0.2) is 24.1 Å². The molecule has 0 fully saturated rings. The first-order chi connectivity index (χ1) is 7.20. The molecule has 0 aliphatic heterocycles. The molecule has 0 aliphatic carbocycles. The van der Waals surface area contributed by atoms with E-state index < -0.39 is 0 Å². The van der Waals surface area contributed by atoms with Crippen LogP contribution in [0.15, 0.2) is 30.3 Å². The molecule has 0 saturated heterocycles. The van der Waals surface area contributed by atoms with Crippen LogP contribution in [0.1, 0.15) is 39.3 Å². The monoisotopic (exact) mass is 333 g/mol. The summed E-state index contributed by atoms with van der Waals surface area (Å²) < 4.78 is 1.18. The van der Waals surface area contributed by atoms with Crippen LogP contribution >= 0.6 is 0 Å². The summed E-state index contributed by atoms with van der Waals surface area (Å²) in [7, 11) is 0. The first-order valence-corrected chi connectivity index (χ1v) is 6.10. The normalized spacial score (nSPS) is 13.0. The van der Waals surface area contributed by atoms with Crippen molar-refractivity contribution < 1.29 is 28.5 Å². The van der Waals surface area contributed by atoms with Crippen molar-refractivity contribution in [1.29, 1.82) is 0 Å². The van der Waals surface area contributed by atoms with Crippen molar-refractivity contribution in [3.05, 3.63) is 35.9 Å². The van der Waals surface area contributed by atoms with E-state index in [-0.39, 0.29) is 24.0 Å². The van der Waals surface area contributed by atoms with Crippen LogP contribution in [0, 0.1) is 0 Å². The van der Waals surface area contributed by atoms with Crippen molar-refractivity contribution in [3.63, 3.8) is 0 Å². The van der Waals surface area contributed by atoms with Gasteiger partial charge in [-0.2, -0.15) is 0 Å². The molecule has 0 N–H and O–H groups in total. The van der Waals surface area contributed by atoms with Gasteiger partial charge in [0.2, 0.25) is 0 Å². The average Bonchev–Trinajstić information content (AvgIpc) is 2.33. The molecule has 2 heteroatoms. The van der Waals surface area contributed by atoms with Crippen LogP contribution in [0.2, 0.25) is 0 Å². The molecule has 1 nitrogen and oxygen atoms in total. The first-order valence-electron chi connectivity index (χ1n) is 6.10. The third-order valence-electron chi connectivity index (χ3n) is 3.99. The molecule has 0 saturated carbocycles. The van der Waals surface area contributed by atoms with E-state index >= 15 is 0 Å². The van der Waals surface area contributed by atoms with Gasteiger partial charge in [-0.1, -0.05) is 30.3 Å². The van der Waals surface area contributed by atoms with Gasteiger partial charge >= 0.3 is 0 Å². The van der Waals surface area contributed by atoms with E-state index in [0.717, 1.165) is 0 Å². The Kier molecular flexibility index (Phi) is 7.24. The maximum absolute atomic E-state index is 2.35. The molecule has 16 heavy (non-hydrogen) atoms. The number of quaternary nitrogens is 1. The summed E-state index contributed by atoms with van der Waals surface area (Å²) in [6.07, 6.45) is 0. The summed E-state index contributed by atoms with van der Waals surface area (Å²) in [5.74, 6) is 0. The van der Waals surface area contributed by atoms with Crippen molar-refractivity contribution in [1.82, 2.24) is 0 Å². The number of hydrogen-bond acceptors (Lipinski definition) is 0. The molecular weight excluding hydrogens is 309 g/mol. The van der Waals surface area contributed by atoms with E-state index in [9.17, 15) is 0 Å². The molecule has 0 spiro atoms. The summed E-state index contributed by atoms with van der Waals surface area (Å²) in [6, 6.07) is 11.5. The molecule has 1 rings (SSSR count). The summed E-state index contributed by atoms with van der Waals surface area (Å²) >= 11 is 0. The van der Waals surface area contributed by atoms with Crippen molar-refractivity contribution in [2.45, 2.75) is 33.7 Å². The zero-order chi connectivity index (χ0) is 11.3. The maximum Gasteiger partial charge on any atom is 0.112 e. The summed E-state index contributed by atoms with van der Waals surface area (Å²) in [6.45, 7) is 12.9. The predicted molar refractivity (Wildman–Crippen MR) is 66.7 cm³/mol. The molecule has 0 radical (unpaired) electrons. The fourth-order valence-electron chi connectivity index (χ4n) is 2.54. The minimum Gasteiger partial charge on any atom is -1.00 e. The average molecular weight is 333 g/mol. The highest BCUT2D eigenvalue weighted by atomic mass is 127. The van der Waals surface area contributed by atoms with Gasteiger partial charge in [0.15, 0.2) is 0 Å². The molecule has 92 valence electrons. The molecule has 1 atom stereocenters. The van der Waals surface area contributed by atoms with Gasteiger partial charge in [0.05, 0.1) is 19.6 Å². The van der Waals surface area contributed by atoms with Crippen molar-refractivity contribution in [2.75, 3.05) is 19.6 Å². The molecule has 0 aromatic heterocycles. The van der Waals surface area contributed by atoms with Crippen LogP contribution in [0.5, 0.6) is 0 Å². The number of benzene rings is 1. The Hall–Kier alpha value is -0.0900. The van der Waals surface area contributed by atoms with Crippen LogP contribution in [0.25, 0.3) is 0 Å². The van der Waals surface area contributed by atoms with Crippen LogP contribution < -0.4 is 24.0 Å². The summed E-state index contributed by atoms with van der Waals surface area (Å²) in [5, 5.41) is 0. The predicted octanol–water partition coefficient (Wildman–Crippen LogP) is 0.628. The van der Waals surface area contributed by atoms with Crippen LogP contribution in [-0.2, 0) is 0 Å². The van der Waals surface area contributed by atoms with Crippen LogP contribution in [0.4, 0.5) is 0 Å². The second-order valence-corrected chi connectivity index (χ2v) is 4.25. The molecule has 0 aliphatic rings. The SMILES string of the molecule is CC[N+](CC)(CC)C(C)c1ccccc1.[I-]. The Bertz CT molecular complexity index is 272. The van der Waals surface area contributed by atoms with Gasteiger partial charge in [0, 0.05) is 5.56 Å². The van der Waals surface area contributed by atoms with E-state index in [1.165, 1.54) is 29.7 Å². The lowest BCUT2D eigenvalue weighted by molar-refractivity contribution is -0.950. The topological polar surface area (TPSA) is 0 Å². The molecule has 1 aromatic carbocycles. The maximum atomic E-state index is 2.35. The Balaban J connectivity index is 0.00000225. The number of halogens is 1. The third-order valence-corrected chi connectivity index (χ3v) is 3.99. The van der Waals surface area contributed by atoms with Crippen molar-refractivity contribution in [2.24, 2.45) is 0 Å². The largest absolute Gasteiger partial charge is 1.00 e. The standard InChI is InChI=1S/C14H24N.HI/c1-5-15(6-2,7-3)13(4)14-11-9-8-10-12-14;/h8-13H,5-7H2,1-4H3;1H/q+1;/p-1. The Morgan fingerprint density at radius 1 is 0.938 bits per heavy atom. The minimum absolute atomic E-state index is 0. The first kappa shape index (κ1) is 15.9. The van der Waals surface area contributed by atoms with Gasteiger partial charge in [0.1, 0.15) is 6.04 Å². The van der Waals surface area contributed by atoms with Gasteiger partial charge in [-0.3, -0.25) is 0 Å². The van der Waals surface area contributed by atoms with Gasteiger partial charge in [0.25, 0.3) is 0 Å². The molecule has 0 bridgehead atoms. The van der Waals surface area contributed by atoms with E-state index in [1.54, 1.807) is 0 Å². The summed E-state index contributed by atoms with van der Waals surface area (Å²) in [4.78, 5) is 0. The Morgan fingerprint density at radius 3 is 1.75 bits per heavy atom. The fourth-order valence-corrected chi connectivity index (χ4v) is 2.54. The lowest BCUT2D eigenvalue weighted by Gasteiger charge is -2.41. The second kappa shape index (κ2) is 7.28. The van der Waals surface area contributed by atoms with Gasteiger partial charge in [-0.05, 0) is 27.7 Å². The smallest absolute Gasteiger partial charge is 0.112 e. The Labute approximate surface area is 117 Å². The highest BCUT2D eigenvalue weighted by Crippen LogP contribution is 2.27. The lowest BCUT2D eigenvalue weighted by Crippen LogP contribution is -3.00. The van der Waals surface area contributed by atoms with E-state index in [2.05, 4.69) is 58.0 Å². The highest BCUT2D eigenvalue weighted by molar-refractivity contribution is 5.16. The Morgan fingerprint density at radius 2 is 1.38 bits per heavy atom. The quantitative estimate of drug-likeness (QED) is 0.548. The van der Waals surface area contributed by atoms with Gasteiger partial charge in [-0.15, -0.1) is 0 Å². The minimum atomic E-state index is 0. The highest BCUT2D eigenvalue weighted by Gasteiger charge is 2.29. The number of hydrogen-bond donors (Lipinski definition) is 0. The lowest BCUT2D eigenvalue weighted by atomic mass is 10.0. The zero-order valence-corrected chi connectivity index (χ0v) is 13.1. The van der Waals surface area contributed by atoms with Crippen molar-refractivity contribution in [3.8, 4) is 0 Å². The van der Waals surface area contributed by atoms with Gasteiger partial charge < -0.3 is 28.5 Å². The molecule has 0 amide bonds. The zero-order valence-electron chi connectivity index (χ0n) is 10.9. The molecule has 1 aromatic rings. The van der Waals surface area contributed by atoms with E-state index in [4.69, 9.17) is 0 Å².